The molecule has 1 amide bonds. The highest BCUT2D eigenvalue weighted by Crippen LogP contribution is 2.41. The number of aryl methyl sites for hydroxylation is 2. The summed E-state index contributed by atoms with van der Waals surface area (Å²) in [5.74, 6) is 0.530. The van der Waals surface area contributed by atoms with Crippen LogP contribution in [-0.4, -0.2) is 49.6 Å². The molecule has 3 aromatic carbocycles. The van der Waals surface area contributed by atoms with Crippen molar-refractivity contribution in [1.82, 2.24) is 4.90 Å². The summed E-state index contributed by atoms with van der Waals surface area (Å²) < 4.78 is 15.9. The summed E-state index contributed by atoms with van der Waals surface area (Å²) in [5, 5.41) is 11.5. The van der Waals surface area contributed by atoms with Gasteiger partial charge in [-0.2, -0.15) is 0 Å². The van der Waals surface area contributed by atoms with E-state index in [1.54, 1.807) is 39.5 Å². The van der Waals surface area contributed by atoms with E-state index in [0.29, 0.717) is 35.6 Å². The number of ketones is 1. The smallest absolute Gasteiger partial charge is 0.295 e. The van der Waals surface area contributed by atoms with Crippen molar-refractivity contribution in [3.8, 4) is 17.2 Å². The molecule has 3 aromatic rings. The Bertz CT molecular complexity index is 1340. The summed E-state index contributed by atoms with van der Waals surface area (Å²) in [5.41, 5.74) is 3.81. The molecule has 1 saturated heterocycles. The first-order valence-corrected chi connectivity index (χ1v) is 12.0. The third-order valence-corrected chi connectivity index (χ3v) is 6.77. The standard InChI is InChI=1S/C30H31NO6/c1-18-17-25(37-5)19(2)16-24(18)28(32)26-27(21-8-12-23(36-4)13-9-21)31(30(34)29(26)33)15-14-20-6-10-22(35-3)11-7-20/h6-13,16-17,27,32H,14-15H2,1-5H3/b28-26+. The van der Waals surface area contributed by atoms with Crippen LogP contribution in [0.5, 0.6) is 17.2 Å². The number of Topliss-reactive ketones (excluding diaryl/α,β-unsaturated/α-hetero) is 1. The molecule has 4 rings (SSSR count). The molecule has 1 N–H and O–H groups in total. The van der Waals surface area contributed by atoms with E-state index in [2.05, 4.69) is 0 Å². The van der Waals surface area contributed by atoms with E-state index in [0.717, 1.165) is 22.4 Å². The number of benzene rings is 3. The van der Waals surface area contributed by atoms with Gasteiger partial charge in [0.15, 0.2) is 0 Å². The van der Waals surface area contributed by atoms with Gasteiger partial charge in [-0.05, 0) is 78.9 Å². The SMILES string of the molecule is COc1ccc(CCN2C(=O)C(=O)/C(=C(/O)c3cc(C)c(OC)cc3C)C2c2ccc(OC)cc2)cc1. The van der Waals surface area contributed by atoms with Crippen molar-refractivity contribution in [2.75, 3.05) is 27.9 Å². The van der Waals surface area contributed by atoms with Crippen molar-refractivity contribution in [3.63, 3.8) is 0 Å². The van der Waals surface area contributed by atoms with E-state index in [9.17, 15) is 14.7 Å². The topological polar surface area (TPSA) is 85.3 Å². The molecule has 1 heterocycles. The lowest BCUT2D eigenvalue weighted by Gasteiger charge is -2.26. The van der Waals surface area contributed by atoms with Crippen LogP contribution < -0.4 is 14.2 Å². The van der Waals surface area contributed by atoms with Crippen molar-refractivity contribution < 1.29 is 28.9 Å². The quantitative estimate of drug-likeness (QED) is 0.266. The average Bonchev–Trinajstić information content (AvgIpc) is 3.17. The van der Waals surface area contributed by atoms with Crippen LogP contribution in [-0.2, 0) is 16.0 Å². The first-order valence-electron chi connectivity index (χ1n) is 12.0. The minimum absolute atomic E-state index is 0.0672. The number of aliphatic hydroxyl groups is 1. The Morgan fingerprint density at radius 3 is 2.00 bits per heavy atom. The van der Waals surface area contributed by atoms with Crippen LogP contribution in [0, 0.1) is 13.8 Å². The number of methoxy groups -OCH3 is 3. The Morgan fingerprint density at radius 1 is 0.838 bits per heavy atom. The van der Waals surface area contributed by atoms with Crippen LogP contribution in [0.2, 0.25) is 0 Å². The highest BCUT2D eigenvalue weighted by Gasteiger charge is 2.46. The first-order chi connectivity index (χ1) is 17.8. The number of amides is 1. The maximum absolute atomic E-state index is 13.4. The zero-order chi connectivity index (χ0) is 26.7. The monoisotopic (exact) mass is 501 g/mol. The fourth-order valence-electron chi connectivity index (χ4n) is 4.69. The number of hydrogen-bond donors (Lipinski definition) is 1. The minimum Gasteiger partial charge on any atom is -0.507 e. The van der Waals surface area contributed by atoms with Crippen LogP contribution in [0.3, 0.4) is 0 Å². The predicted molar refractivity (Wildman–Crippen MR) is 141 cm³/mol. The molecule has 1 atom stereocenters. The van der Waals surface area contributed by atoms with Crippen molar-refractivity contribution in [2.45, 2.75) is 26.3 Å². The second kappa shape index (κ2) is 10.8. The van der Waals surface area contributed by atoms with Gasteiger partial charge in [-0.15, -0.1) is 0 Å². The largest absolute Gasteiger partial charge is 0.507 e. The van der Waals surface area contributed by atoms with Crippen LogP contribution in [0.15, 0.2) is 66.2 Å². The molecule has 37 heavy (non-hydrogen) atoms. The van der Waals surface area contributed by atoms with Gasteiger partial charge in [-0.1, -0.05) is 24.3 Å². The summed E-state index contributed by atoms with van der Waals surface area (Å²) in [6.07, 6.45) is 0.532. The Morgan fingerprint density at radius 2 is 1.43 bits per heavy atom. The molecule has 7 heteroatoms. The van der Waals surface area contributed by atoms with Gasteiger partial charge in [0.05, 0.1) is 32.9 Å². The zero-order valence-corrected chi connectivity index (χ0v) is 21.7. The fourth-order valence-corrected chi connectivity index (χ4v) is 4.69. The van der Waals surface area contributed by atoms with Gasteiger partial charge >= 0.3 is 0 Å². The highest BCUT2D eigenvalue weighted by molar-refractivity contribution is 6.46. The molecule has 1 aliphatic heterocycles. The van der Waals surface area contributed by atoms with Gasteiger partial charge in [-0.3, -0.25) is 9.59 Å². The third kappa shape index (κ3) is 5.03. The van der Waals surface area contributed by atoms with E-state index in [1.165, 1.54) is 4.90 Å². The van der Waals surface area contributed by atoms with E-state index >= 15 is 0 Å². The summed E-state index contributed by atoms with van der Waals surface area (Å²) in [6, 6.07) is 17.6. The fraction of sp³-hybridized carbons (Fsp3) is 0.267. The van der Waals surface area contributed by atoms with Crippen LogP contribution in [0.1, 0.15) is 33.9 Å². The van der Waals surface area contributed by atoms with Crippen LogP contribution in [0.4, 0.5) is 0 Å². The average molecular weight is 502 g/mol. The Kier molecular flexibility index (Phi) is 7.53. The molecular formula is C30H31NO6. The van der Waals surface area contributed by atoms with Gasteiger partial charge in [0.1, 0.15) is 23.0 Å². The molecule has 0 bridgehead atoms. The van der Waals surface area contributed by atoms with Crippen LogP contribution >= 0.6 is 0 Å². The van der Waals surface area contributed by atoms with Gasteiger partial charge in [0, 0.05) is 12.1 Å². The number of likely N-dealkylation sites (tertiary alicyclic amines) is 1. The van der Waals surface area contributed by atoms with E-state index in [1.807, 2.05) is 56.3 Å². The molecule has 0 aliphatic carbocycles. The second-order valence-electron chi connectivity index (χ2n) is 9.00. The van der Waals surface area contributed by atoms with Crippen molar-refractivity contribution in [2.24, 2.45) is 0 Å². The maximum atomic E-state index is 13.4. The van der Waals surface area contributed by atoms with E-state index in [-0.39, 0.29) is 11.3 Å². The number of ether oxygens (including phenoxy) is 3. The Labute approximate surface area is 216 Å². The van der Waals surface area contributed by atoms with Crippen LogP contribution in [0.25, 0.3) is 5.76 Å². The van der Waals surface area contributed by atoms with E-state index in [4.69, 9.17) is 14.2 Å². The molecular weight excluding hydrogens is 470 g/mol. The second-order valence-corrected chi connectivity index (χ2v) is 9.00. The number of nitrogens with zero attached hydrogens (tertiary/aromatic N) is 1. The molecule has 7 nitrogen and oxygen atoms in total. The van der Waals surface area contributed by atoms with Crippen molar-refractivity contribution >= 4 is 17.4 Å². The molecule has 1 aliphatic rings. The summed E-state index contributed by atoms with van der Waals surface area (Å²) in [6.45, 7) is 3.99. The van der Waals surface area contributed by atoms with Crippen molar-refractivity contribution in [3.05, 3.63) is 94.1 Å². The summed E-state index contributed by atoms with van der Waals surface area (Å²) in [7, 11) is 4.76. The molecule has 192 valence electrons. The molecule has 1 unspecified atom stereocenters. The molecule has 1 fully saturated rings. The maximum Gasteiger partial charge on any atom is 0.295 e. The van der Waals surface area contributed by atoms with Gasteiger partial charge in [0.2, 0.25) is 0 Å². The third-order valence-electron chi connectivity index (χ3n) is 6.77. The van der Waals surface area contributed by atoms with E-state index < -0.39 is 17.7 Å². The molecule has 0 radical (unpaired) electrons. The number of carbonyl (C=O) groups excluding carboxylic acids is 2. The highest BCUT2D eigenvalue weighted by atomic mass is 16.5. The van der Waals surface area contributed by atoms with Gasteiger partial charge in [0.25, 0.3) is 11.7 Å². The summed E-state index contributed by atoms with van der Waals surface area (Å²) in [4.78, 5) is 28.2. The van der Waals surface area contributed by atoms with Crippen molar-refractivity contribution in [1.29, 1.82) is 0 Å². The molecule has 0 saturated carbocycles. The lowest BCUT2D eigenvalue weighted by Crippen LogP contribution is -2.31. The normalized spacial score (nSPS) is 16.7. The minimum atomic E-state index is -0.744. The number of aliphatic hydroxyl groups excluding tert-OH is 1. The van der Waals surface area contributed by atoms with Gasteiger partial charge in [-0.25, -0.2) is 0 Å². The Balaban J connectivity index is 1.79. The predicted octanol–water partition coefficient (Wildman–Crippen LogP) is 4.99. The van der Waals surface area contributed by atoms with Gasteiger partial charge < -0.3 is 24.2 Å². The first kappa shape index (κ1) is 25.8. The number of hydrogen-bond acceptors (Lipinski definition) is 6. The zero-order valence-electron chi connectivity index (χ0n) is 21.7. The lowest BCUT2D eigenvalue weighted by atomic mass is 9.93. The number of rotatable bonds is 8. The molecule has 0 aromatic heterocycles. The summed E-state index contributed by atoms with van der Waals surface area (Å²) >= 11 is 0. The molecule has 0 spiro atoms. The lowest BCUT2D eigenvalue weighted by molar-refractivity contribution is -0.139. The number of carbonyl (C=O) groups is 2. The Hall–Kier alpha value is -4.26.